The lowest BCUT2D eigenvalue weighted by Gasteiger charge is -2.42. The molecule has 0 spiro atoms. The van der Waals surface area contributed by atoms with Crippen LogP contribution in [0.25, 0.3) is 0 Å². The van der Waals surface area contributed by atoms with Gasteiger partial charge in [0.25, 0.3) is 0 Å². The Kier molecular flexibility index (Phi) is 4.58. The Morgan fingerprint density at radius 2 is 1.81 bits per heavy atom. The van der Waals surface area contributed by atoms with Gasteiger partial charge < -0.3 is 10.2 Å². The van der Waals surface area contributed by atoms with Crippen molar-refractivity contribution in [2.45, 2.75) is 83.7 Å². The van der Waals surface area contributed by atoms with Crippen LogP contribution in [0.1, 0.15) is 71.6 Å². The third-order valence-corrected chi connectivity index (χ3v) is 5.83. The fraction of sp³-hybridized carbons (Fsp3) is 0.944. The molecule has 3 heteroatoms. The number of nitrogens with one attached hydrogen (secondary N) is 1. The summed E-state index contributed by atoms with van der Waals surface area (Å²) in [5.41, 5.74) is 0.106. The first-order chi connectivity index (χ1) is 10.1. The smallest absolute Gasteiger partial charge is 0.240 e. The quantitative estimate of drug-likeness (QED) is 0.862. The standard InChI is InChI=1S/C18H32N2O/c1-18(2)11-6-12-19-16(18)17(21)20(15-9-10-15)13-14-7-4-3-5-8-14/h14-16,19H,3-13H2,1-2H3. The summed E-state index contributed by atoms with van der Waals surface area (Å²) in [6.45, 7) is 6.54. The summed E-state index contributed by atoms with van der Waals surface area (Å²) < 4.78 is 0. The maximum absolute atomic E-state index is 13.1. The van der Waals surface area contributed by atoms with Gasteiger partial charge in [0.1, 0.15) is 0 Å². The molecular formula is C18H32N2O. The molecule has 3 nitrogen and oxygen atoms in total. The number of nitrogens with zero attached hydrogens (tertiary/aromatic N) is 1. The second-order valence-electron chi connectivity index (χ2n) is 8.21. The average molecular weight is 292 g/mol. The lowest BCUT2D eigenvalue weighted by molar-refractivity contribution is -0.138. The first-order valence-corrected chi connectivity index (χ1v) is 9.12. The number of piperidine rings is 1. The van der Waals surface area contributed by atoms with Crippen molar-refractivity contribution >= 4 is 5.91 Å². The SMILES string of the molecule is CC1(C)CCCNC1C(=O)N(CC1CCCCC1)C1CC1. The van der Waals surface area contributed by atoms with Crippen molar-refractivity contribution in [1.29, 1.82) is 0 Å². The molecule has 0 aromatic heterocycles. The van der Waals surface area contributed by atoms with Gasteiger partial charge in [-0.15, -0.1) is 0 Å². The zero-order valence-corrected chi connectivity index (χ0v) is 13.9. The van der Waals surface area contributed by atoms with Gasteiger partial charge in [0.15, 0.2) is 0 Å². The molecule has 0 aromatic rings. The number of rotatable bonds is 4. The zero-order chi connectivity index (χ0) is 14.9. The highest BCUT2D eigenvalue weighted by molar-refractivity contribution is 5.83. The van der Waals surface area contributed by atoms with Gasteiger partial charge in [-0.25, -0.2) is 0 Å². The van der Waals surface area contributed by atoms with Crippen LogP contribution in [-0.4, -0.2) is 36.0 Å². The van der Waals surface area contributed by atoms with Crippen molar-refractivity contribution in [2.24, 2.45) is 11.3 Å². The van der Waals surface area contributed by atoms with E-state index in [-0.39, 0.29) is 11.5 Å². The molecule has 0 bridgehead atoms. The highest BCUT2D eigenvalue weighted by Gasteiger charge is 2.43. The Bertz CT molecular complexity index is 369. The first kappa shape index (κ1) is 15.3. The van der Waals surface area contributed by atoms with E-state index >= 15 is 0 Å². The van der Waals surface area contributed by atoms with Crippen LogP contribution in [0.5, 0.6) is 0 Å². The summed E-state index contributed by atoms with van der Waals surface area (Å²) in [4.78, 5) is 15.4. The minimum atomic E-state index is 0.0374. The van der Waals surface area contributed by atoms with E-state index in [0.717, 1.165) is 19.0 Å². The van der Waals surface area contributed by atoms with Crippen molar-refractivity contribution < 1.29 is 4.79 Å². The summed E-state index contributed by atoms with van der Waals surface area (Å²) in [6, 6.07) is 0.592. The lowest BCUT2D eigenvalue weighted by atomic mass is 9.76. The Labute approximate surface area is 129 Å². The fourth-order valence-corrected chi connectivity index (χ4v) is 4.25. The Balaban J connectivity index is 1.66. The van der Waals surface area contributed by atoms with E-state index in [1.807, 2.05) is 0 Å². The van der Waals surface area contributed by atoms with Crippen LogP contribution in [-0.2, 0) is 4.79 Å². The number of carbonyl (C=O) groups excluding carboxylic acids is 1. The summed E-state index contributed by atoms with van der Waals surface area (Å²) in [6.07, 6.45) is 11.6. The van der Waals surface area contributed by atoms with E-state index in [2.05, 4.69) is 24.1 Å². The van der Waals surface area contributed by atoms with Gasteiger partial charge in [0, 0.05) is 12.6 Å². The first-order valence-electron chi connectivity index (χ1n) is 9.12. The predicted octanol–water partition coefficient (Wildman–Crippen LogP) is 3.34. The number of amides is 1. The van der Waals surface area contributed by atoms with E-state index in [1.165, 1.54) is 57.8 Å². The fourth-order valence-electron chi connectivity index (χ4n) is 4.25. The predicted molar refractivity (Wildman–Crippen MR) is 86.1 cm³/mol. The van der Waals surface area contributed by atoms with Crippen molar-refractivity contribution in [3.8, 4) is 0 Å². The molecule has 21 heavy (non-hydrogen) atoms. The van der Waals surface area contributed by atoms with Crippen LogP contribution in [0.4, 0.5) is 0 Å². The highest BCUT2D eigenvalue weighted by atomic mass is 16.2. The van der Waals surface area contributed by atoms with Crippen molar-refractivity contribution in [2.75, 3.05) is 13.1 Å². The number of hydrogen-bond acceptors (Lipinski definition) is 2. The molecule has 3 aliphatic rings. The van der Waals surface area contributed by atoms with Crippen molar-refractivity contribution in [3.05, 3.63) is 0 Å². The molecule has 1 heterocycles. The molecule has 120 valence electrons. The van der Waals surface area contributed by atoms with E-state index < -0.39 is 0 Å². The molecule has 2 aliphatic carbocycles. The Hall–Kier alpha value is -0.570. The molecule has 1 saturated heterocycles. The minimum Gasteiger partial charge on any atom is -0.338 e. The van der Waals surface area contributed by atoms with Gasteiger partial charge in [0.2, 0.25) is 5.91 Å². The Morgan fingerprint density at radius 1 is 1.10 bits per heavy atom. The second-order valence-corrected chi connectivity index (χ2v) is 8.21. The maximum atomic E-state index is 13.1. The topological polar surface area (TPSA) is 32.3 Å². The normalized spacial score (nSPS) is 30.1. The third-order valence-electron chi connectivity index (χ3n) is 5.83. The molecule has 1 aliphatic heterocycles. The molecule has 1 N–H and O–H groups in total. The van der Waals surface area contributed by atoms with Gasteiger partial charge in [-0.05, 0) is 56.4 Å². The largest absolute Gasteiger partial charge is 0.338 e. The van der Waals surface area contributed by atoms with E-state index in [0.29, 0.717) is 11.9 Å². The van der Waals surface area contributed by atoms with Gasteiger partial charge >= 0.3 is 0 Å². The second kappa shape index (κ2) is 6.28. The third kappa shape index (κ3) is 3.61. The molecule has 3 rings (SSSR count). The van der Waals surface area contributed by atoms with Crippen LogP contribution in [0, 0.1) is 11.3 Å². The van der Waals surface area contributed by atoms with E-state index in [9.17, 15) is 4.79 Å². The Morgan fingerprint density at radius 3 is 2.43 bits per heavy atom. The van der Waals surface area contributed by atoms with Crippen LogP contribution >= 0.6 is 0 Å². The van der Waals surface area contributed by atoms with E-state index in [4.69, 9.17) is 0 Å². The van der Waals surface area contributed by atoms with Gasteiger partial charge in [-0.2, -0.15) is 0 Å². The average Bonchev–Trinajstić information content (AvgIpc) is 3.29. The highest BCUT2D eigenvalue weighted by Crippen LogP contribution is 2.36. The number of carbonyl (C=O) groups is 1. The van der Waals surface area contributed by atoms with Gasteiger partial charge in [0.05, 0.1) is 6.04 Å². The van der Waals surface area contributed by atoms with Crippen molar-refractivity contribution in [3.63, 3.8) is 0 Å². The van der Waals surface area contributed by atoms with Crippen LogP contribution < -0.4 is 5.32 Å². The molecule has 2 saturated carbocycles. The molecule has 1 unspecified atom stereocenters. The zero-order valence-electron chi connectivity index (χ0n) is 13.9. The molecular weight excluding hydrogens is 260 g/mol. The molecule has 0 aromatic carbocycles. The van der Waals surface area contributed by atoms with Gasteiger partial charge in [-0.3, -0.25) is 4.79 Å². The molecule has 1 atom stereocenters. The minimum absolute atomic E-state index is 0.0374. The summed E-state index contributed by atoms with van der Waals surface area (Å²) in [7, 11) is 0. The maximum Gasteiger partial charge on any atom is 0.240 e. The monoisotopic (exact) mass is 292 g/mol. The van der Waals surface area contributed by atoms with Crippen LogP contribution in [0.15, 0.2) is 0 Å². The van der Waals surface area contributed by atoms with Crippen LogP contribution in [0.3, 0.4) is 0 Å². The summed E-state index contributed by atoms with van der Waals surface area (Å²) in [5.74, 6) is 1.16. The summed E-state index contributed by atoms with van der Waals surface area (Å²) in [5, 5.41) is 3.52. The molecule has 0 radical (unpaired) electrons. The van der Waals surface area contributed by atoms with Crippen molar-refractivity contribution in [1.82, 2.24) is 10.2 Å². The number of hydrogen-bond donors (Lipinski definition) is 1. The van der Waals surface area contributed by atoms with E-state index in [1.54, 1.807) is 0 Å². The lowest BCUT2D eigenvalue weighted by Crippen LogP contribution is -2.57. The summed E-state index contributed by atoms with van der Waals surface area (Å²) >= 11 is 0. The molecule has 3 fully saturated rings. The molecule has 1 amide bonds. The van der Waals surface area contributed by atoms with Gasteiger partial charge in [-0.1, -0.05) is 33.1 Å². The van der Waals surface area contributed by atoms with Crippen LogP contribution in [0.2, 0.25) is 0 Å².